The second-order valence-electron chi connectivity index (χ2n) is 7.03. The van der Waals surface area contributed by atoms with Crippen LogP contribution < -0.4 is 10.5 Å². The number of anilines is 1. The van der Waals surface area contributed by atoms with Crippen molar-refractivity contribution in [3.8, 4) is 5.75 Å². The molecule has 0 spiro atoms. The molecule has 2 N–H and O–H groups in total. The SMILES string of the molecule is CC(=O)Oc1cc(C(C)(C)C)c(N)c(C(C)(C)C)c1. The lowest BCUT2D eigenvalue weighted by Crippen LogP contribution is -2.21. The summed E-state index contributed by atoms with van der Waals surface area (Å²) in [4.78, 5) is 11.2. The molecular weight excluding hydrogens is 238 g/mol. The van der Waals surface area contributed by atoms with Crippen molar-refractivity contribution >= 4 is 11.7 Å². The number of hydrogen-bond donors (Lipinski definition) is 1. The molecule has 0 saturated carbocycles. The fourth-order valence-electron chi connectivity index (χ4n) is 2.09. The number of ether oxygens (including phenoxy) is 1. The first-order valence-electron chi connectivity index (χ1n) is 6.56. The molecule has 3 nitrogen and oxygen atoms in total. The predicted molar refractivity (Wildman–Crippen MR) is 79.6 cm³/mol. The highest BCUT2D eigenvalue weighted by Gasteiger charge is 2.25. The Labute approximate surface area is 116 Å². The number of carbonyl (C=O) groups excluding carboxylic acids is 1. The van der Waals surface area contributed by atoms with Crippen LogP contribution in [0.2, 0.25) is 0 Å². The summed E-state index contributed by atoms with van der Waals surface area (Å²) in [6.07, 6.45) is 0. The summed E-state index contributed by atoms with van der Waals surface area (Å²) in [5.74, 6) is 0.251. The molecule has 0 fully saturated rings. The molecule has 0 aliphatic rings. The van der Waals surface area contributed by atoms with Crippen molar-refractivity contribution in [1.29, 1.82) is 0 Å². The standard InChI is InChI=1S/C16H25NO2/c1-10(18)19-11-8-12(15(2,3)4)14(17)13(9-11)16(5,6)7/h8-9H,17H2,1-7H3. The maximum atomic E-state index is 11.2. The van der Waals surface area contributed by atoms with Gasteiger partial charge < -0.3 is 10.5 Å². The van der Waals surface area contributed by atoms with E-state index in [9.17, 15) is 4.79 Å². The van der Waals surface area contributed by atoms with Crippen LogP contribution in [-0.2, 0) is 15.6 Å². The molecule has 0 saturated heterocycles. The predicted octanol–water partition coefficient (Wildman–Crippen LogP) is 3.79. The lowest BCUT2D eigenvalue weighted by atomic mass is 9.79. The molecule has 106 valence electrons. The third kappa shape index (κ3) is 3.72. The van der Waals surface area contributed by atoms with Crippen LogP contribution >= 0.6 is 0 Å². The maximum Gasteiger partial charge on any atom is 0.308 e. The van der Waals surface area contributed by atoms with Crippen molar-refractivity contribution < 1.29 is 9.53 Å². The maximum absolute atomic E-state index is 11.2. The van der Waals surface area contributed by atoms with Gasteiger partial charge in [0.25, 0.3) is 0 Å². The monoisotopic (exact) mass is 263 g/mol. The van der Waals surface area contributed by atoms with Crippen LogP contribution in [0, 0.1) is 0 Å². The van der Waals surface area contributed by atoms with Crippen LogP contribution in [-0.4, -0.2) is 5.97 Å². The van der Waals surface area contributed by atoms with Gasteiger partial charge in [-0.05, 0) is 34.1 Å². The number of rotatable bonds is 1. The highest BCUT2D eigenvalue weighted by molar-refractivity contribution is 5.71. The number of benzene rings is 1. The van der Waals surface area contributed by atoms with Crippen molar-refractivity contribution in [2.24, 2.45) is 0 Å². The first-order chi connectivity index (χ1) is 8.43. The van der Waals surface area contributed by atoms with Crippen molar-refractivity contribution in [3.05, 3.63) is 23.3 Å². The summed E-state index contributed by atoms with van der Waals surface area (Å²) in [5.41, 5.74) is 8.93. The van der Waals surface area contributed by atoms with E-state index >= 15 is 0 Å². The van der Waals surface area contributed by atoms with Gasteiger partial charge in [0.2, 0.25) is 0 Å². The minimum atomic E-state index is -0.315. The first kappa shape index (κ1) is 15.5. The first-order valence-corrected chi connectivity index (χ1v) is 6.56. The van der Waals surface area contributed by atoms with Crippen molar-refractivity contribution in [2.75, 3.05) is 5.73 Å². The lowest BCUT2D eigenvalue weighted by molar-refractivity contribution is -0.131. The molecule has 1 rings (SSSR count). The highest BCUT2D eigenvalue weighted by atomic mass is 16.5. The number of nitrogen functional groups attached to an aromatic ring is 1. The quantitative estimate of drug-likeness (QED) is 0.476. The minimum absolute atomic E-state index is 0.0970. The Morgan fingerprint density at radius 2 is 1.37 bits per heavy atom. The fourth-order valence-corrected chi connectivity index (χ4v) is 2.09. The average Bonchev–Trinajstić information content (AvgIpc) is 2.16. The van der Waals surface area contributed by atoms with Gasteiger partial charge >= 0.3 is 5.97 Å². The molecule has 0 amide bonds. The second-order valence-corrected chi connectivity index (χ2v) is 7.03. The number of hydrogen-bond acceptors (Lipinski definition) is 3. The van der Waals surface area contributed by atoms with Gasteiger partial charge in [-0.15, -0.1) is 0 Å². The van der Waals surface area contributed by atoms with Gasteiger partial charge in [0, 0.05) is 12.6 Å². The Hall–Kier alpha value is -1.51. The number of nitrogens with two attached hydrogens (primary N) is 1. The lowest BCUT2D eigenvalue weighted by Gasteiger charge is -2.28. The van der Waals surface area contributed by atoms with Gasteiger partial charge in [0.1, 0.15) is 5.75 Å². The van der Waals surface area contributed by atoms with Crippen molar-refractivity contribution in [3.63, 3.8) is 0 Å². The van der Waals surface area contributed by atoms with Crippen LogP contribution in [0.1, 0.15) is 59.6 Å². The van der Waals surface area contributed by atoms with Gasteiger partial charge in [0.05, 0.1) is 0 Å². The molecule has 0 unspecified atom stereocenters. The van der Waals surface area contributed by atoms with Crippen LogP contribution in [0.4, 0.5) is 5.69 Å². The summed E-state index contributed by atoms with van der Waals surface area (Å²) in [7, 11) is 0. The molecule has 0 heterocycles. The molecule has 1 aromatic carbocycles. The fraction of sp³-hybridized carbons (Fsp3) is 0.562. The second kappa shape index (κ2) is 4.87. The van der Waals surface area contributed by atoms with Crippen LogP contribution in [0.3, 0.4) is 0 Å². The Morgan fingerprint density at radius 1 is 1.00 bits per heavy atom. The van der Waals surface area contributed by atoms with E-state index in [0.29, 0.717) is 5.75 Å². The molecule has 0 atom stereocenters. The Morgan fingerprint density at radius 3 is 1.63 bits per heavy atom. The van der Waals surface area contributed by atoms with Crippen LogP contribution in [0.15, 0.2) is 12.1 Å². The Bertz CT molecular complexity index is 455. The molecule has 0 radical (unpaired) electrons. The zero-order valence-corrected chi connectivity index (χ0v) is 13.0. The molecule has 0 bridgehead atoms. The van der Waals surface area contributed by atoms with Gasteiger partial charge in [-0.3, -0.25) is 4.79 Å². The molecule has 0 aliphatic heterocycles. The number of esters is 1. The normalized spacial score (nSPS) is 12.4. The van der Waals surface area contributed by atoms with Gasteiger partial charge in [-0.2, -0.15) is 0 Å². The van der Waals surface area contributed by atoms with E-state index in [2.05, 4.69) is 41.5 Å². The smallest absolute Gasteiger partial charge is 0.308 e. The average molecular weight is 263 g/mol. The molecule has 0 aromatic heterocycles. The minimum Gasteiger partial charge on any atom is -0.427 e. The third-order valence-corrected chi connectivity index (χ3v) is 3.03. The zero-order valence-electron chi connectivity index (χ0n) is 13.0. The molecule has 19 heavy (non-hydrogen) atoms. The number of carbonyl (C=O) groups is 1. The summed E-state index contributed by atoms with van der Waals surface area (Å²) in [5, 5.41) is 0. The van der Waals surface area contributed by atoms with E-state index in [1.54, 1.807) is 0 Å². The van der Waals surface area contributed by atoms with Crippen LogP contribution in [0.25, 0.3) is 0 Å². The molecule has 0 aliphatic carbocycles. The largest absolute Gasteiger partial charge is 0.427 e. The van der Waals surface area contributed by atoms with Crippen LogP contribution in [0.5, 0.6) is 5.75 Å². The van der Waals surface area contributed by atoms with E-state index in [-0.39, 0.29) is 16.8 Å². The van der Waals surface area contributed by atoms with E-state index in [0.717, 1.165) is 16.8 Å². The van der Waals surface area contributed by atoms with E-state index in [1.165, 1.54) is 6.92 Å². The van der Waals surface area contributed by atoms with Crippen molar-refractivity contribution in [2.45, 2.75) is 59.3 Å². The third-order valence-electron chi connectivity index (χ3n) is 3.03. The summed E-state index contributed by atoms with van der Waals surface area (Å²) < 4.78 is 5.25. The topological polar surface area (TPSA) is 52.3 Å². The molecular formula is C16H25NO2. The summed E-state index contributed by atoms with van der Waals surface area (Å²) in [6.45, 7) is 14.0. The van der Waals surface area contributed by atoms with E-state index < -0.39 is 0 Å². The summed E-state index contributed by atoms with van der Waals surface area (Å²) in [6, 6.07) is 3.73. The zero-order chi connectivity index (χ0) is 15.0. The Balaban J connectivity index is 3.52. The Kier molecular flexibility index (Phi) is 3.99. The van der Waals surface area contributed by atoms with Crippen molar-refractivity contribution in [1.82, 2.24) is 0 Å². The highest BCUT2D eigenvalue weighted by Crippen LogP contribution is 2.39. The van der Waals surface area contributed by atoms with Gasteiger partial charge in [0.15, 0.2) is 0 Å². The van der Waals surface area contributed by atoms with Gasteiger partial charge in [-0.25, -0.2) is 0 Å². The molecule has 3 heteroatoms. The summed E-state index contributed by atoms with van der Waals surface area (Å²) >= 11 is 0. The molecule has 1 aromatic rings. The van der Waals surface area contributed by atoms with E-state index in [1.807, 2.05) is 12.1 Å². The van der Waals surface area contributed by atoms with Gasteiger partial charge in [-0.1, -0.05) is 41.5 Å². The van der Waals surface area contributed by atoms with E-state index in [4.69, 9.17) is 10.5 Å².